The van der Waals surface area contributed by atoms with Crippen LogP contribution in [0.1, 0.15) is 44.5 Å². The first-order valence-corrected chi connectivity index (χ1v) is 8.20. The number of carboxylic acids is 1. The highest BCUT2D eigenvalue weighted by molar-refractivity contribution is 5.87. The molecule has 4 N–H and O–H groups in total. The molecule has 0 fully saturated rings. The molecule has 2 aromatic rings. The number of H-pyrrole nitrogens is 1. The van der Waals surface area contributed by atoms with Crippen molar-refractivity contribution in [2.24, 2.45) is 0 Å². The summed E-state index contributed by atoms with van der Waals surface area (Å²) >= 11 is 0. The van der Waals surface area contributed by atoms with Crippen molar-refractivity contribution in [2.45, 2.75) is 31.1 Å². The summed E-state index contributed by atoms with van der Waals surface area (Å²) in [5, 5.41) is 20.6. The van der Waals surface area contributed by atoms with Gasteiger partial charge in [0, 0.05) is 12.2 Å². The van der Waals surface area contributed by atoms with E-state index in [1.165, 1.54) is 0 Å². The monoisotopic (exact) mass is 464 g/mol. The Labute approximate surface area is 167 Å². The molecule has 172 valence electrons. The first-order chi connectivity index (χ1) is 14.0. The van der Waals surface area contributed by atoms with Crippen LogP contribution in [0.15, 0.2) is 24.3 Å². The van der Waals surface area contributed by atoms with E-state index in [4.69, 9.17) is 5.11 Å². The average Bonchev–Trinajstić information content (AvgIpc) is 3.05. The molecule has 5 nitrogen and oxygen atoms in total. The van der Waals surface area contributed by atoms with Crippen LogP contribution in [0.2, 0.25) is 0 Å². The van der Waals surface area contributed by atoms with Crippen molar-refractivity contribution in [2.75, 3.05) is 6.61 Å². The number of aromatic nitrogens is 1. The molecule has 1 aromatic carbocycles. The number of carbonyl (C=O) groups is 1. The number of hydrogen-bond donors (Lipinski definition) is 4. The second-order valence-corrected chi connectivity index (χ2v) is 6.34. The smallest absolute Gasteiger partial charge is 0.418 e. The summed E-state index contributed by atoms with van der Waals surface area (Å²) in [5.41, 5.74) is -6.97. The fourth-order valence-electron chi connectivity index (χ4n) is 2.70. The van der Waals surface area contributed by atoms with Crippen molar-refractivity contribution in [1.29, 1.82) is 0 Å². The third kappa shape index (κ3) is 5.91. The minimum Gasteiger partial charge on any atom is -0.477 e. The van der Waals surface area contributed by atoms with Crippen LogP contribution >= 0.6 is 0 Å². The second kappa shape index (κ2) is 8.42. The van der Waals surface area contributed by atoms with E-state index >= 15 is 0 Å². The van der Waals surface area contributed by atoms with Crippen LogP contribution < -0.4 is 5.32 Å². The lowest BCUT2D eigenvalue weighted by molar-refractivity contribution is -0.143. The summed E-state index contributed by atoms with van der Waals surface area (Å²) in [6.07, 6.45) is -15.3. The minimum absolute atomic E-state index is 0.113. The number of benzene rings is 1. The van der Waals surface area contributed by atoms with Gasteiger partial charge in [-0.3, -0.25) is 0 Å². The highest BCUT2D eigenvalue weighted by Crippen LogP contribution is 2.37. The van der Waals surface area contributed by atoms with Crippen LogP contribution in [0.3, 0.4) is 0 Å². The predicted molar refractivity (Wildman–Crippen MR) is 85.9 cm³/mol. The normalized spacial score (nSPS) is 14.0. The van der Waals surface area contributed by atoms with Gasteiger partial charge < -0.3 is 20.5 Å². The van der Waals surface area contributed by atoms with Crippen LogP contribution in [0, 0.1) is 0 Å². The van der Waals surface area contributed by atoms with E-state index in [-0.39, 0.29) is 11.8 Å². The Morgan fingerprint density at radius 1 is 0.903 bits per heavy atom. The number of alkyl halides is 9. The molecule has 1 heterocycles. The van der Waals surface area contributed by atoms with E-state index in [1.54, 1.807) is 0 Å². The maximum atomic E-state index is 13.0. The Morgan fingerprint density at radius 3 is 1.77 bits per heavy atom. The Bertz CT molecular complexity index is 914. The second-order valence-electron chi connectivity index (χ2n) is 6.34. The van der Waals surface area contributed by atoms with E-state index < -0.39 is 71.6 Å². The van der Waals surface area contributed by atoms with Crippen molar-refractivity contribution in [3.63, 3.8) is 0 Å². The zero-order valence-electron chi connectivity index (χ0n) is 15.0. The fraction of sp³-hybridized carbons (Fsp3) is 0.353. The number of halogens is 9. The summed E-state index contributed by atoms with van der Waals surface area (Å²) in [4.78, 5) is 12.9. The predicted octanol–water partition coefficient (Wildman–Crippen LogP) is 4.59. The van der Waals surface area contributed by atoms with E-state index in [9.17, 15) is 49.4 Å². The summed E-state index contributed by atoms with van der Waals surface area (Å²) in [6, 6.07) is -0.492. The van der Waals surface area contributed by atoms with Gasteiger partial charge in [0.25, 0.3) is 0 Å². The van der Waals surface area contributed by atoms with Gasteiger partial charge in [-0.2, -0.15) is 39.5 Å². The molecule has 1 atom stereocenters. The Hall–Kier alpha value is -2.74. The van der Waals surface area contributed by atoms with Gasteiger partial charge in [-0.25, -0.2) is 4.79 Å². The molecular formula is C17H13F9N2O3. The van der Waals surface area contributed by atoms with Gasteiger partial charge in [-0.05, 0) is 29.8 Å². The lowest BCUT2D eigenvalue weighted by atomic mass is 9.99. The van der Waals surface area contributed by atoms with Gasteiger partial charge in [-0.1, -0.05) is 0 Å². The van der Waals surface area contributed by atoms with E-state index in [2.05, 4.69) is 5.32 Å². The molecule has 0 radical (unpaired) electrons. The summed E-state index contributed by atoms with van der Waals surface area (Å²) < 4.78 is 117. The topological polar surface area (TPSA) is 85.3 Å². The third-order valence-electron chi connectivity index (χ3n) is 4.13. The van der Waals surface area contributed by atoms with E-state index in [1.807, 2.05) is 4.98 Å². The fourth-order valence-corrected chi connectivity index (χ4v) is 2.70. The zero-order valence-corrected chi connectivity index (χ0v) is 15.0. The molecule has 1 aromatic heterocycles. The molecule has 0 spiro atoms. The minimum atomic E-state index is -5.13. The maximum Gasteiger partial charge on any atom is 0.418 e. The molecular weight excluding hydrogens is 451 g/mol. The molecule has 0 saturated heterocycles. The Balaban J connectivity index is 2.37. The van der Waals surface area contributed by atoms with Crippen molar-refractivity contribution >= 4 is 5.97 Å². The number of aromatic amines is 1. The first kappa shape index (κ1) is 24.5. The maximum absolute atomic E-state index is 13.0. The molecule has 0 aliphatic carbocycles. The van der Waals surface area contributed by atoms with Gasteiger partial charge in [-0.15, -0.1) is 0 Å². The molecule has 0 bridgehead atoms. The van der Waals surface area contributed by atoms with E-state index in [0.29, 0.717) is 18.2 Å². The van der Waals surface area contributed by atoms with Crippen molar-refractivity contribution in [3.8, 4) is 0 Å². The van der Waals surface area contributed by atoms with Crippen molar-refractivity contribution in [1.82, 2.24) is 10.3 Å². The molecule has 1 unspecified atom stereocenters. The Kier molecular flexibility index (Phi) is 6.66. The summed E-state index contributed by atoms with van der Waals surface area (Å²) in [6.45, 7) is -1.63. The Morgan fingerprint density at radius 2 is 1.42 bits per heavy atom. The molecule has 0 aliphatic heterocycles. The molecule has 0 aliphatic rings. The van der Waals surface area contributed by atoms with Crippen LogP contribution in [0.4, 0.5) is 39.5 Å². The van der Waals surface area contributed by atoms with Crippen LogP contribution in [0.5, 0.6) is 0 Å². The highest BCUT2D eigenvalue weighted by Gasteiger charge is 2.38. The van der Waals surface area contributed by atoms with Crippen molar-refractivity contribution in [3.05, 3.63) is 57.9 Å². The number of carboxylic acid groups (broad SMARTS) is 1. The standard InChI is InChI=1S/C17H13F9N2O3/c18-15(19,20)8-1-7(2-9(3-8)16(21,22)23)12(6-29)27-5-10-4-11(17(24,25)26)13(28-10)14(30)31/h1-4,12,27-29H,5-6H2,(H,30,31). The van der Waals surface area contributed by atoms with Gasteiger partial charge >= 0.3 is 24.5 Å². The van der Waals surface area contributed by atoms with Gasteiger partial charge in [0.05, 0.1) is 29.3 Å². The van der Waals surface area contributed by atoms with Gasteiger partial charge in [0.15, 0.2) is 0 Å². The van der Waals surface area contributed by atoms with Crippen LogP contribution in [0.25, 0.3) is 0 Å². The number of aromatic carboxylic acids is 1. The largest absolute Gasteiger partial charge is 0.477 e. The zero-order chi connectivity index (χ0) is 23.8. The quantitative estimate of drug-likeness (QED) is 0.472. The average molecular weight is 464 g/mol. The molecule has 0 saturated carbocycles. The molecule has 2 rings (SSSR count). The van der Waals surface area contributed by atoms with Gasteiger partial charge in [0.2, 0.25) is 0 Å². The van der Waals surface area contributed by atoms with Crippen molar-refractivity contribution < 1.29 is 54.5 Å². The lowest BCUT2D eigenvalue weighted by Gasteiger charge is -2.20. The summed E-state index contributed by atoms with van der Waals surface area (Å²) in [5.74, 6) is -1.93. The lowest BCUT2D eigenvalue weighted by Crippen LogP contribution is -2.25. The highest BCUT2D eigenvalue weighted by atomic mass is 19.4. The number of hydrogen-bond acceptors (Lipinski definition) is 3. The van der Waals surface area contributed by atoms with Crippen LogP contribution in [-0.4, -0.2) is 27.8 Å². The molecule has 31 heavy (non-hydrogen) atoms. The van der Waals surface area contributed by atoms with E-state index in [0.717, 1.165) is 0 Å². The molecule has 0 amide bonds. The van der Waals surface area contributed by atoms with Crippen LogP contribution in [-0.2, 0) is 25.1 Å². The summed E-state index contributed by atoms with van der Waals surface area (Å²) in [7, 11) is 0. The number of aliphatic hydroxyl groups excluding tert-OH is 1. The SMILES string of the molecule is O=C(O)c1[nH]c(CNC(CO)c2cc(C(F)(F)F)cc(C(F)(F)F)c2)cc1C(F)(F)F. The number of rotatable bonds is 6. The number of aliphatic hydroxyl groups is 1. The first-order valence-electron chi connectivity index (χ1n) is 8.20. The number of nitrogens with one attached hydrogen (secondary N) is 2. The van der Waals surface area contributed by atoms with Gasteiger partial charge in [0.1, 0.15) is 5.69 Å². The third-order valence-corrected chi connectivity index (χ3v) is 4.13. The molecule has 14 heteroatoms.